The van der Waals surface area contributed by atoms with Gasteiger partial charge >= 0.3 is 5.97 Å². The highest BCUT2D eigenvalue weighted by molar-refractivity contribution is 5.80. The van der Waals surface area contributed by atoms with Gasteiger partial charge in [0.05, 0.1) is 26.2 Å². The third-order valence-corrected chi connectivity index (χ3v) is 2.67. The summed E-state index contributed by atoms with van der Waals surface area (Å²) < 4.78 is 10.1. The Kier molecular flexibility index (Phi) is 7.17. The second-order valence-electron chi connectivity index (χ2n) is 4.11. The fourth-order valence-electron chi connectivity index (χ4n) is 1.71. The van der Waals surface area contributed by atoms with Gasteiger partial charge in [0, 0.05) is 19.7 Å². The summed E-state index contributed by atoms with van der Waals surface area (Å²) in [5.41, 5.74) is 0. The monoisotopic (exact) mass is 257 g/mol. The smallest absolute Gasteiger partial charge is 0.307 e. The van der Waals surface area contributed by atoms with Crippen LogP contribution in [-0.4, -0.2) is 51.4 Å². The Morgan fingerprint density at radius 3 is 2.94 bits per heavy atom. The summed E-state index contributed by atoms with van der Waals surface area (Å²) >= 11 is 0. The number of carbonyl (C=O) groups excluding carboxylic acids is 1. The van der Waals surface area contributed by atoms with Crippen molar-refractivity contribution >= 4 is 11.9 Å². The van der Waals surface area contributed by atoms with Gasteiger partial charge in [0.1, 0.15) is 0 Å². The van der Waals surface area contributed by atoms with Crippen molar-refractivity contribution in [1.82, 2.24) is 10.6 Å². The molecule has 0 radical (unpaired) electrons. The number of carbonyl (C=O) groups is 1. The average molecular weight is 257 g/mol. The fraction of sp³-hybridized carbons (Fsp3) is 0.833. The average Bonchev–Trinajstić information content (AvgIpc) is 2.88. The van der Waals surface area contributed by atoms with E-state index in [-0.39, 0.29) is 12.1 Å². The molecule has 0 spiro atoms. The summed E-state index contributed by atoms with van der Waals surface area (Å²) in [6.07, 6.45) is 2.76. The zero-order chi connectivity index (χ0) is 13.2. The number of esters is 1. The van der Waals surface area contributed by atoms with Gasteiger partial charge in [-0.15, -0.1) is 0 Å². The molecule has 0 amide bonds. The first-order valence-corrected chi connectivity index (χ1v) is 6.46. The highest BCUT2D eigenvalue weighted by Crippen LogP contribution is 2.11. The summed E-state index contributed by atoms with van der Waals surface area (Å²) in [4.78, 5) is 15.4. The first kappa shape index (κ1) is 14.8. The predicted molar refractivity (Wildman–Crippen MR) is 69.6 cm³/mol. The Morgan fingerprint density at radius 1 is 1.50 bits per heavy atom. The summed E-state index contributed by atoms with van der Waals surface area (Å²) in [5.74, 6) is 0.495. The van der Waals surface area contributed by atoms with Crippen molar-refractivity contribution in [3.05, 3.63) is 0 Å². The Hall–Kier alpha value is -1.30. The molecule has 0 bridgehead atoms. The van der Waals surface area contributed by atoms with E-state index in [4.69, 9.17) is 4.74 Å². The number of rotatable bonds is 6. The van der Waals surface area contributed by atoms with E-state index in [0.29, 0.717) is 19.5 Å². The molecule has 1 rings (SSSR count). The molecule has 1 unspecified atom stereocenters. The summed E-state index contributed by atoms with van der Waals surface area (Å²) in [7, 11) is 1.39. The Bertz CT molecular complexity index is 276. The van der Waals surface area contributed by atoms with Crippen LogP contribution in [0.5, 0.6) is 0 Å². The third kappa shape index (κ3) is 5.86. The number of guanidine groups is 1. The summed E-state index contributed by atoms with van der Waals surface area (Å²) in [6, 6.07) is 0. The van der Waals surface area contributed by atoms with Crippen LogP contribution in [0, 0.1) is 0 Å². The van der Waals surface area contributed by atoms with Crippen LogP contribution in [0.15, 0.2) is 4.99 Å². The minimum Gasteiger partial charge on any atom is -0.469 e. The van der Waals surface area contributed by atoms with Crippen molar-refractivity contribution in [1.29, 1.82) is 0 Å². The first-order valence-electron chi connectivity index (χ1n) is 6.46. The second kappa shape index (κ2) is 8.74. The lowest BCUT2D eigenvalue weighted by molar-refractivity contribution is -0.140. The largest absolute Gasteiger partial charge is 0.469 e. The molecular formula is C12H23N3O3. The molecule has 1 aliphatic rings. The number of hydrogen-bond donors (Lipinski definition) is 2. The molecule has 6 heteroatoms. The maximum Gasteiger partial charge on any atom is 0.307 e. The highest BCUT2D eigenvalue weighted by atomic mass is 16.5. The molecule has 18 heavy (non-hydrogen) atoms. The minimum absolute atomic E-state index is 0.225. The lowest BCUT2D eigenvalue weighted by Crippen LogP contribution is -2.39. The van der Waals surface area contributed by atoms with Gasteiger partial charge in [0.15, 0.2) is 5.96 Å². The Balaban J connectivity index is 2.28. The quantitative estimate of drug-likeness (QED) is 0.406. The highest BCUT2D eigenvalue weighted by Gasteiger charge is 2.14. The predicted octanol–water partition coefficient (Wildman–Crippen LogP) is 0.284. The number of nitrogens with zero attached hydrogens (tertiary/aromatic N) is 1. The van der Waals surface area contributed by atoms with Gasteiger partial charge in [0.25, 0.3) is 0 Å². The molecule has 1 aliphatic heterocycles. The lowest BCUT2D eigenvalue weighted by Gasteiger charge is -2.12. The molecule has 1 heterocycles. The maximum atomic E-state index is 11.0. The molecule has 2 N–H and O–H groups in total. The van der Waals surface area contributed by atoms with Gasteiger partial charge in [0.2, 0.25) is 0 Å². The molecule has 0 aromatic carbocycles. The molecule has 0 aromatic rings. The van der Waals surface area contributed by atoms with Gasteiger partial charge in [-0.1, -0.05) is 0 Å². The van der Waals surface area contributed by atoms with Gasteiger partial charge in [-0.05, 0) is 19.8 Å². The Labute approximate surface area is 108 Å². The number of aliphatic imine (C=N–C) groups is 1. The molecular weight excluding hydrogens is 234 g/mol. The zero-order valence-corrected chi connectivity index (χ0v) is 11.2. The first-order chi connectivity index (χ1) is 8.76. The van der Waals surface area contributed by atoms with Crippen molar-refractivity contribution in [2.75, 3.05) is 33.4 Å². The normalized spacial score (nSPS) is 19.7. The molecule has 1 saturated heterocycles. The van der Waals surface area contributed by atoms with E-state index in [9.17, 15) is 4.79 Å². The zero-order valence-electron chi connectivity index (χ0n) is 11.2. The fourth-order valence-corrected chi connectivity index (χ4v) is 1.71. The van der Waals surface area contributed by atoms with Crippen LogP contribution >= 0.6 is 0 Å². The van der Waals surface area contributed by atoms with E-state index in [2.05, 4.69) is 20.4 Å². The van der Waals surface area contributed by atoms with Crippen LogP contribution in [0.25, 0.3) is 0 Å². The van der Waals surface area contributed by atoms with Crippen LogP contribution in [0.3, 0.4) is 0 Å². The van der Waals surface area contributed by atoms with Gasteiger partial charge in [-0.3, -0.25) is 9.79 Å². The van der Waals surface area contributed by atoms with Crippen molar-refractivity contribution < 1.29 is 14.3 Å². The molecule has 1 fully saturated rings. The van der Waals surface area contributed by atoms with Crippen LogP contribution in [-0.2, 0) is 14.3 Å². The van der Waals surface area contributed by atoms with Crippen LogP contribution in [0.2, 0.25) is 0 Å². The number of nitrogens with one attached hydrogen (secondary N) is 2. The van der Waals surface area contributed by atoms with E-state index in [1.807, 2.05) is 6.92 Å². The van der Waals surface area contributed by atoms with Crippen molar-refractivity contribution in [2.45, 2.75) is 32.3 Å². The van der Waals surface area contributed by atoms with Crippen LogP contribution in [0.1, 0.15) is 26.2 Å². The van der Waals surface area contributed by atoms with Crippen molar-refractivity contribution in [3.63, 3.8) is 0 Å². The number of ether oxygens (including phenoxy) is 2. The molecule has 0 aliphatic carbocycles. The van der Waals surface area contributed by atoms with E-state index in [1.54, 1.807) is 0 Å². The third-order valence-electron chi connectivity index (χ3n) is 2.67. The molecule has 0 aromatic heterocycles. The summed E-state index contributed by atoms with van der Waals surface area (Å²) in [6.45, 7) is 4.81. The van der Waals surface area contributed by atoms with Gasteiger partial charge in [-0.25, -0.2) is 0 Å². The van der Waals surface area contributed by atoms with E-state index in [1.165, 1.54) is 7.11 Å². The lowest BCUT2D eigenvalue weighted by atomic mass is 10.2. The van der Waals surface area contributed by atoms with E-state index < -0.39 is 0 Å². The minimum atomic E-state index is -0.225. The van der Waals surface area contributed by atoms with Crippen molar-refractivity contribution in [2.24, 2.45) is 4.99 Å². The summed E-state index contributed by atoms with van der Waals surface area (Å²) in [5, 5.41) is 6.22. The van der Waals surface area contributed by atoms with E-state index in [0.717, 1.165) is 32.0 Å². The van der Waals surface area contributed by atoms with Crippen molar-refractivity contribution in [3.8, 4) is 0 Å². The van der Waals surface area contributed by atoms with E-state index >= 15 is 0 Å². The van der Waals surface area contributed by atoms with Gasteiger partial charge < -0.3 is 20.1 Å². The van der Waals surface area contributed by atoms with Crippen LogP contribution < -0.4 is 10.6 Å². The molecule has 0 saturated carbocycles. The SMILES string of the molecule is CCNC(=NCC1CCCO1)NCCC(=O)OC. The van der Waals surface area contributed by atoms with Crippen LogP contribution in [0.4, 0.5) is 0 Å². The maximum absolute atomic E-state index is 11.0. The Morgan fingerprint density at radius 2 is 2.33 bits per heavy atom. The molecule has 104 valence electrons. The molecule has 1 atom stereocenters. The number of hydrogen-bond acceptors (Lipinski definition) is 4. The standard InChI is InChI=1S/C12H23N3O3/c1-3-13-12(14-7-6-11(16)17-2)15-9-10-5-4-8-18-10/h10H,3-9H2,1-2H3,(H2,13,14,15). The number of methoxy groups -OCH3 is 1. The second-order valence-corrected chi connectivity index (χ2v) is 4.11. The molecule has 6 nitrogen and oxygen atoms in total. The topological polar surface area (TPSA) is 72.0 Å². The van der Waals surface area contributed by atoms with Gasteiger partial charge in [-0.2, -0.15) is 0 Å².